The molecule has 1 aromatic heterocycles. The molecule has 0 atom stereocenters. The van der Waals surface area contributed by atoms with Gasteiger partial charge in [-0.2, -0.15) is 0 Å². The summed E-state index contributed by atoms with van der Waals surface area (Å²) in [5.41, 5.74) is 1.07. The third-order valence-corrected chi connectivity index (χ3v) is 4.15. The van der Waals surface area contributed by atoms with E-state index in [4.69, 9.17) is 9.47 Å². The van der Waals surface area contributed by atoms with Gasteiger partial charge in [-0.15, -0.1) is 0 Å². The summed E-state index contributed by atoms with van der Waals surface area (Å²) in [4.78, 5) is 12.1. The third-order valence-electron chi connectivity index (χ3n) is 4.15. The zero-order valence-corrected chi connectivity index (χ0v) is 10.7. The van der Waals surface area contributed by atoms with Gasteiger partial charge in [0, 0.05) is 31.6 Å². The van der Waals surface area contributed by atoms with Crippen LogP contribution in [0.25, 0.3) is 0 Å². The van der Waals surface area contributed by atoms with Gasteiger partial charge < -0.3 is 14.0 Å². The van der Waals surface area contributed by atoms with E-state index in [0.29, 0.717) is 19.1 Å². The number of aromatic nitrogens is 1. The molecule has 4 nitrogen and oxygen atoms in total. The van der Waals surface area contributed by atoms with Crippen LogP contribution in [0.5, 0.6) is 0 Å². The van der Waals surface area contributed by atoms with Crippen molar-refractivity contribution in [2.75, 3.05) is 13.2 Å². The maximum absolute atomic E-state index is 12.1. The number of aryl methyl sites for hydroxylation is 1. The molecule has 98 valence electrons. The molecular formula is C14H19NO3. The van der Waals surface area contributed by atoms with Crippen molar-refractivity contribution < 1.29 is 9.47 Å². The van der Waals surface area contributed by atoms with Gasteiger partial charge in [0.2, 0.25) is 0 Å². The van der Waals surface area contributed by atoms with Crippen molar-refractivity contribution in [3.8, 4) is 0 Å². The minimum atomic E-state index is -0.337. The number of nitrogens with zero attached hydrogens (tertiary/aromatic N) is 1. The molecule has 1 aliphatic carbocycles. The first kappa shape index (κ1) is 11.9. The Kier molecular flexibility index (Phi) is 2.99. The molecule has 2 heterocycles. The molecule has 1 saturated carbocycles. The van der Waals surface area contributed by atoms with Gasteiger partial charge in [0.1, 0.15) is 0 Å². The predicted molar refractivity (Wildman–Crippen MR) is 67.5 cm³/mol. The Hall–Kier alpha value is -1.13. The molecule has 0 radical (unpaired) electrons. The topological polar surface area (TPSA) is 40.5 Å². The fraction of sp³-hybridized carbons (Fsp3) is 0.643. The highest BCUT2D eigenvalue weighted by molar-refractivity contribution is 5.17. The SMILES string of the molecule is Cn1cccc(C2CCC3(CC2)OCCO3)c1=O. The Labute approximate surface area is 107 Å². The highest BCUT2D eigenvalue weighted by Gasteiger charge is 2.40. The Bertz CT molecular complexity index is 478. The van der Waals surface area contributed by atoms with Crippen molar-refractivity contribution >= 4 is 0 Å². The summed E-state index contributed by atoms with van der Waals surface area (Å²) in [6, 6.07) is 3.91. The van der Waals surface area contributed by atoms with Crippen molar-refractivity contribution in [1.29, 1.82) is 0 Å². The van der Waals surface area contributed by atoms with Gasteiger partial charge in [-0.05, 0) is 24.8 Å². The van der Waals surface area contributed by atoms with Crippen LogP contribution in [-0.2, 0) is 16.5 Å². The van der Waals surface area contributed by atoms with Crippen LogP contribution in [0.3, 0.4) is 0 Å². The molecule has 1 aliphatic heterocycles. The Morgan fingerprint density at radius 2 is 1.94 bits per heavy atom. The Morgan fingerprint density at radius 1 is 1.28 bits per heavy atom. The summed E-state index contributed by atoms with van der Waals surface area (Å²) < 4.78 is 13.1. The highest BCUT2D eigenvalue weighted by atomic mass is 16.7. The van der Waals surface area contributed by atoms with E-state index in [1.807, 2.05) is 12.1 Å². The number of hydrogen-bond donors (Lipinski definition) is 0. The smallest absolute Gasteiger partial charge is 0.253 e. The molecule has 18 heavy (non-hydrogen) atoms. The van der Waals surface area contributed by atoms with Gasteiger partial charge in [0.05, 0.1) is 13.2 Å². The number of pyridine rings is 1. The van der Waals surface area contributed by atoms with Crippen LogP contribution in [-0.4, -0.2) is 23.6 Å². The third kappa shape index (κ3) is 1.99. The van der Waals surface area contributed by atoms with Gasteiger partial charge in [0.15, 0.2) is 5.79 Å². The van der Waals surface area contributed by atoms with Crippen LogP contribution in [0.15, 0.2) is 23.1 Å². The summed E-state index contributed by atoms with van der Waals surface area (Å²) in [6.45, 7) is 1.41. The lowest BCUT2D eigenvalue weighted by atomic mass is 9.81. The lowest BCUT2D eigenvalue weighted by Crippen LogP contribution is -2.36. The zero-order valence-electron chi connectivity index (χ0n) is 10.7. The first-order valence-electron chi connectivity index (χ1n) is 6.64. The zero-order chi connectivity index (χ0) is 12.6. The first-order valence-corrected chi connectivity index (χ1v) is 6.64. The molecule has 0 N–H and O–H groups in total. The lowest BCUT2D eigenvalue weighted by molar-refractivity contribution is -0.178. The molecule has 0 aromatic carbocycles. The molecule has 0 amide bonds. The second kappa shape index (κ2) is 4.52. The van der Waals surface area contributed by atoms with E-state index in [2.05, 4.69) is 0 Å². The maximum atomic E-state index is 12.1. The van der Waals surface area contributed by atoms with Gasteiger partial charge in [0.25, 0.3) is 5.56 Å². The minimum absolute atomic E-state index is 0.131. The van der Waals surface area contributed by atoms with Gasteiger partial charge in [-0.25, -0.2) is 0 Å². The van der Waals surface area contributed by atoms with Gasteiger partial charge >= 0.3 is 0 Å². The molecule has 1 saturated heterocycles. The van der Waals surface area contributed by atoms with Gasteiger partial charge in [-0.1, -0.05) is 6.07 Å². The highest BCUT2D eigenvalue weighted by Crippen LogP contribution is 2.41. The summed E-state index contributed by atoms with van der Waals surface area (Å²) >= 11 is 0. The van der Waals surface area contributed by atoms with Crippen molar-refractivity contribution in [1.82, 2.24) is 4.57 Å². The van der Waals surface area contributed by atoms with E-state index in [9.17, 15) is 4.79 Å². The molecule has 0 bridgehead atoms. The number of ether oxygens (including phenoxy) is 2. The Balaban J connectivity index is 1.76. The number of rotatable bonds is 1. The van der Waals surface area contributed by atoms with Crippen LogP contribution in [0.1, 0.15) is 37.2 Å². The minimum Gasteiger partial charge on any atom is -0.348 e. The molecule has 4 heteroatoms. The predicted octanol–water partition coefficient (Wildman–Crippen LogP) is 1.79. The van der Waals surface area contributed by atoms with Crippen LogP contribution in [0.2, 0.25) is 0 Å². The summed E-state index contributed by atoms with van der Waals surface area (Å²) in [5.74, 6) is 0.0135. The van der Waals surface area contributed by atoms with Crippen LogP contribution in [0, 0.1) is 0 Å². The van der Waals surface area contributed by atoms with E-state index in [0.717, 1.165) is 31.2 Å². The van der Waals surface area contributed by atoms with Crippen molar-refractivity contribution in [2.24, 2.45) is 7.05 Å². The average molecular weight is 249 g/mol. The second-order valence-corrected chi connectivity index (χ2v) is 5.26. The lowest BCUT2D eigenvalue weighted by Gasteiger charge is -2.35. The van der Waals surface area contributed by atoms with Crippen LogP contribution < -0.4 is 5.56 Å². The standard InChI is InChI=1S/C14H19NO3/c1-15-8-2-3-12(13(15)16)11-4-6-14(7-5-11)17-9-10-18-14/h2-3,8,11H,4-7,9-10H2,1H3. The summed E-state index contributed by atoms with van der Waals surface area (Å²) in [6.07, 6.45) is 5.54. The average Bonchev–Trinajstić information content (AvgIpc) is 2.83. The Morgan fingerprint density at radius 3 is 2.61 bits per heavy atom. The number of hydrogen-bond acceptors (Lipinski definition) is 3. The summed E-state index contributed by atoms with van der Waals surface area (Å²) in [7, 11) is 1.80. The molecule has 0 unspecified atom stereocenters. The van der Waals surface area contributed by atoms with Crippen LogP contribution in [0.4, 0.5) is 0 Å². The monoisotopic (exact) mass is 249 g/mol. The maximum Gasteiger partial charge on any atom is 0.253 e. The fourth-order valence-electron chi connectivity index (χ4n) is 3.08. The van der Waals surface area contributed by atoms with E-state index in [1.165, 1.54) is 0 Å². The molecule has 1 aromatic rings. The van der Waals surface area contributed by atoms with Gasteiger partial charge in [-0.3, -0.25) is 4.79 Å². The van der Waals surface area contributed by atoms with Crippen molar-refractivity contribution in [2.45, 2.75) is 37.4 Å². The van der Waals surface area contributed by atoms with E-state index in [-0.39, 0.29) is 11.3 Å². The van der Waals surface area contributed by atoms with E-state index in [1.54, 1.807) is 17.8 Å². The quantitative estimate of drug-likeness (QED) is 0.762. The second-order valence-electron chi connectivity index (χ2n) is 5.26. The summed E-state index contributed by atoms with van der Waals surface area (Å²) in [5, 5.41) is 0. The normalized spacial score (nSPS) is 23.6. The van der Waals surface area contributed by atoms with E-state index >= 15 is 0 Å². The van der Waals surface area contributed by atoms with Crippen LogP contribution >= 0.6 is 0 Å². The van der Waals surface area contributed by atoms with Crippen molar-refractivity contribution in [3.05, 3.63) is 34.2 Å². The fourth-order valence-corrected chi connectivity index (χ4v) is 3.08. The molecule has 2 aliphatic rings. The van der Waals surface area contributed by atoms with E-state index < -0.39 is 0 Å². The first-order chi connectivity index (χ1) is 8.70. The molecular weight excluding hydrogens is 230 g/mol. The molecule has 3 rings (SSSR count). The largest absolute Gasteiger partial charge is 0.348 e. The van der Waals surface area contributed by atoms with Crippen molar-refractivity contribution in [3.63, 3.8) is 0 Å². The molecule has 1 spiro atoms. The molecule has 2 fully saturated rings.